The smallest absolute Gasteiger partial charge is 0.248 e. The second-order valence-corrected chi connectivity index (χ2v) is 4.38. The van der Waals surface area contributed by atoms with E-state index in [4.69, 9.17) is 15.2 Å². The number of aldehydes is 1. The lowest BCUT2D eigenvalue weighted by Crippen LogP contribution is -2.10. The van der Waals surface area contributed by atoms with Crippen LogP contribution in [0.3, 0.4) is 0 Å². The van der Waals surface area contributed by atoms with Crippen molar-refractivity contribution in [2.75, 3.05) is 7.11 Å². The van der Waals surface area contributed by atoms with Gasteiger partial charge in [0.25, 0.3) is 0 Å². The molecular weight excluding hydrogens is 270 g/mol. The molecule has 0 aliphatic carbocycles. The maximum absolute atomic E-state index is 11.0. The van der Waals surface area contributed by atoms with Gasteiger partial charge < -0.3 is 15.2 Å². The van der Waals surface area contributed by atoms with Crippen molar-refractivity contribution in [3.05, 3.63) is 59.2 Å². The molecule has 0 radical (unpaired) electrons. The molecule has 2 N–H and O–H groups in total. The van der Waals surface area contributed by atoms with Gasteiger partial charge in [0.1, 0.15) is 12.9 Å². The molecule has 0 saturated carbocycles. The maximum Gasteiger partial charge on any atom is 0.248 e. The topological polar surface area (TPSA) is 78.6 Å². The first kappa shape index (κ1) is 14.6. The third-order valence-corrected chi connectivity index (χ3v) is 2.96. The predicted molar refractivity (Wildman–Crippen MR) is 77.7 cm³/mol. The number of nitrogens with two attached hydrogens (primary N) is 1. The quantitative estimate of drug-likeness (QED) is 0.825. The Morgan fingerprint density at radius 2 is 1.86 bits per heavy atom. The molecule has 0 aliphatic rings. The first-order valence-electron chi connectivity index (χ1n) is 6.29. The maximum atomic E-state index is 11.0. The Morgan fingerprint density at radius 1 is 1.14 bits per heavy atom. The number of hydrogen-bond donors (Lipinski definition) is 1. The van der Waals surface area contributed by atoms with Crippen LogP contribution in [0.4, 0.5) is 0 Å². The van der Waals surface area contributed by atoms with E-state index in [1.165, 1.54) is 7.11 Å². The molecule has 2 aromatic carbocycles. The van der Waals surface area contributed by atoms with Gasteiger partial charge in [-0.25, -0.2) is 0 Å². The van der Waals surface area contributed by atoms with E-state index in [1.54, 1.807) is 42.5 Å². The van der Waals surface area contributed by atoms with Crippen LogP contribution in [0.1, 0.15) is 26.3 Å². The van der Waals surface area contributed by atoms with Crippen LogP contribution in [0.5, 0.6) is 11.5 Å². The highest BCUT2D eigenvalue weighted by molar-refractivity contribution is 5.92. The Morgan fingerprint density at radius 3 is 2.43 bits per heavy atom. The molecule has 0 saturated heterocycles. The van der Waals surface area contributed by atoms with E-state index in [9.17, 15) is 9.59 Å². The van der Waals surface area contributed by atoms with Crippen molar-refractivity contribution >= 4 is 12.2 Å². The molecule has 0 spiro atoms. The zero-order chi connectivity index (χ0) is 15.2. The Labute approximate surface area is 122 Å². The fourth-order valence-electron chi connectivity index (χ4n) is 1.81. The van der Waals surface area contributed by atoms with Gasteiger partial charge in [-0.3, -0.25) is 9.59 Å². The van der Waals surface area contributed by atoms with Crippen molar-refractivity contribution < 1.29 is 19.1 Å². The summed E-state index contributed by atoms with van der Waals surface area (Å²) in [4.78, 5) is 21.8. The molecule has 2 rings (SSSR count). The zero-order valence-corrected chi connectivity index (χ0v) is 11.5. The number of rotatable bonds is 6. The molecule has 0 unspecified atom stereocenters. The number of ether oxygens (including phenoxy) is 2. The molecule has 0 heterocycles. The zero-order valence-electron chi connectivity index (χ0n) is 11.5. The highest BCUT2D eigenvalue weighted by Crippen LogP contribution is 2.28. The van der Waals surface area contributed by atoms with Gasteiger partial charge in [0, 0.05) is 11.1 Å². The molecule has 2 aromatic rings. The number of primary amides is 1. The molecule has 0 aromatic heterocycles. The van der Waals surface area contributed by atoms with Crippen LogP contribution in [-0.4, -0.2) is 19.3 Å². The van der Waals surface area contributed by atoms with E-state index in [-0.39, 0.29) is 6.61 Å². The van der Waals surface area contributed by atoms with Gasteiger partial charge >= 0.3 is 0 Å². The van der Waals surface area contributed by atoms with E-state index in [1.807, 2.05) is 0 Å². The van der Waals surface area contributed by atoms with Crippen molar-refractivity contribution in [2.45, 2.75) is 6.61 Å². The molecule has 0 fully saturated rings. The second-order valence-electron chi connectivity index (χ2n) is 4.38. The minimum absolute atomic E-state index is 0.289. The van der Waals surface area contributed by atoms with Gasteiger partial charge in [0.15, 0.2) is 11.5 Å². The van der Waals surface area contributed by atoms with Gasteiger partial charge in [-0.1, -0.05) is 12.1 Å². The van der Waals surface area contributed by atoms with E-state index >= 15 is 0 Å². The summed E-state index contributed by atoms with van der Waals surface area (Å²) in [6.07, 6.45) is 0.744. The Bertz CT molecular complexity index is 650. The number of amides is 1. The van der Waals surface area contributed by atoms with Gasteiger partial charge in [0.05, 0.1) is 7.11 Å². The van der Waals surface area contributed by atoms with E-state index < -0.39 is 5.91 Å². The van der Waals surface area contributed by atoms with Crippen LogP contribution in [0.2, 0.25) is 0 Å². The molecular formula is C16H15NO4. The average molecular weight is 285 g/mol. The SMILES string of the molecule is COc1ccc(C=O)cc1OCc1ccc(C(N)=O)cc1. The lowest BCUT2D eigenvalue weighted by atomic mass is 10.1. The van der Waals surface area contributed by atoms with Gasteiger partial charge in [-0.15, -0.1) is 0 Å². The third kappa shape index (κ3) is 3.60. The summed E-state index contributed by atoms with van der Waals surface area (Å²) in [6, 6.07) is 11.7. The highest BCUT2D eigenvalue weighted by Gasteiger charge is 2.06. The summed E-state index contributed by atoms with van der Waals surface area (Å²) in [5.74, 6) is 0.568. The summed E-state index contributed by atoms with van der Waals surface area (Å²) in [5.41, 5.74) is 7.01. The summed E-state index contributed by atoms with van der Waals surface area (Å²) >= 11 is 0. The van der Waals surface area contributed by atoms with Crippen LogP contribution >= 0.6 is 0 Å². The first-order valence-corrected chi connectivity index (χ1v) is 6.29. The number of methoxy groups -OCH3 is 1. The Kier molecular flexibility index (Phi) is 4.56. The molecule has 0 bridgehead atoms. The summed E-state index contributed by atoms with van der Waals surface area (Å²) in [7, 11) is 1.53. The fourth-order valence-corrected chi connectivity index (χ4v) is 1.81. The molecule has 1 amide bonds. The summed E-state index contributed by atoms with van der Waals surface area (Å²) < 4.78 is 10.8. The Balaban J connectivity index is 2.11. The average Bonchev–Trinajstić information content (AvgIpc) is 2.52. The van der Waals surface area contributed by atoms with Gasteiger partial charge in [-0.2, -0.15) is 0 Å². The number of benzene rings is 2. The summed E-state index contributed by atoms with van der Waals surface area (Å²) in [6.45, 7) is 0.289. The minimum atomic E-state index is -0.470. The minimum Gasteiger partial charge on any atom is -0.493 e. The van der Waals surface area contributed by atoms with Crippen LogP contribution in [0.15, 0.2) is 42.5 Å². The highest BCUT2D eigenvalue weighted by atomic mass is 16.5. The Hall–Kier alpha value is -2.82. The molecule has 5 nitrogen and oxygen atoms in total. The van der Waals surface area contributed by atoms with Gasteiger partial charge in [-0.05, 0) is 35.9 Å². The van der Waals surface area contributed by atoms with E-state index in [0.29, 0.717) is 22.6 Å². The van der Waals surface area contributed by atoms with Crippen molar-refractivity contribution in [2.24, 2.45) is 5.73 Å². The van der Waals surface area contributed by atoms with E-state index in [2.05, 4.69) is 0 Å². The van der Waals surface area contributed by atoms with Crippen molar-refractivity contribution in [1.82, 2.24) is 0 Å². The molecule has 108 valence electrons. The number of hydrogen-bond acceptors (Lipinski definition) is 4. The molecule has 5 heteroatoms. The van der Waals surface area contributed by atoms with Crippen molar-refractivity contribution in [3.63, 3.8) is 0 Å². The van der Waals surface area contributed by atoms with Crippen LogP contribution < -0.4 is 15.2 Å². The van der Waals surface area contributed by atoms with Gasteiger partial charge in [0.2, 0.25) is 5.91 Å². The predicted octanol–water partition coefficient (Wildman–Crippen LogP) is 2.19. The number of carbonyl (C=O) groups excluding carboxylic acids is 2. The molecule has 0 atom stereocenters. The monoisotopic (exact) mass is 285 g/mol. The van der Waals surface area contributed by atoms with Crippen LogP contribution in [-0.2, 0) is 6.61 Å². The van der Waals surface area contributed by atoms with Crippen LogP contribution in [0.25, 0.3) is 0 Å². The summed E-state index contributed by atoms with van der Waals surface area (Å²) in [5, 5.41) is 0. The molecule has 21 heavy (non-hydrogen) atoms. The third-order valence-electron chi connectivity index (χ3n) is 2.96. The fraction of sp³-hybridized carbons (Fsp3) is 0.125. The number of carbonyl (C=O) groups is 2. The first-order chi connectivity index (χ1) is 10.1. The lowest BCUT2D eigenvalue weighted by molar-refractivity contribution is 0.0999. The van der Waals surface area contributed by atoms with E-state index in [0.717, 1.165) is 11.8 Å². The normalized spacial score (nSPS) is 9.95. The molecule has 0 aliphatic heterocycles. The van der Waals surface area contributed by atoms with Crippen LogP contribution in [0, 0.1) is 0 Å². The largest absolute Gasteiger partial charge is 0.493 e. The van der Waals surface area contributed by atoms with Crippen molar-refractivity contribution in [1.29, 1.82) is 0 Å². The van der Waals surface area contributed by atoms with Crippen molar-refractivity contribution in [3.8, 4) is 11.5 Å². The lowest BCUT2D eigenvalue weighted by Gasteiger charge is -2.11. The second kappa shape index (κ2) is 6.56. The standard InChI is InChI=1S/C16H15NO4/c1-20-14-7-4-12(9-18)8-15(14)21-10-11-2-5-13(6-3-11)16(17)19/h2-9H,10H2,1H3,(H2,17,19).